The van der Waals surface area contributed by atoms with Crippen LogP contribution < -0.4 is 15.4 Å². The maximum Gasteiger partial charge on any atom is 0.417 e. The summed E-state index contributed by atoms with van der Waals surface area (Å²) in [6, 6.07) is 14.3. The first-order chi connectivity index (χ1) is 10.9. The van der Waals surface area contributed by atoms with Crippen molar-refractivity contribution in [3.05, 3.63) is 54.1 Å². The maximum atomic E-state index is 11.9. The number of carbonyl (C=O) groups excluding carboxylic acids is 2. The van der Waals surface area contributed by atoms with Crippen LogP contribution in [0.3, 0.4) is 0 Å². The van der Waals surface area contributed by atoms with Crippen molar-refractivity contribution in [1.82, 2.24) is 0 Å². The number of fused-ring (bicyclic) bond motifs is 1. The van der Waals surface area contributed by atoms with E-state index in [2.05, 4.69) is 10.6 Å². The van der Waals surface area contributed by atoms with Gasteiger partial charge in [-0.2, -0.15) is 0 Å². The molecule has 5 nitrogen and oxygen atoms in total. The highest BCUT2D eigenvalue weighted by Gasteiger charge is 2.31. The van der Waals surface area contributed by atoms with Crippen LogP contribution in [0.5, 0.6) is 5.75 Å². The fourth-order valence-corrected chi connectivity index (χ4v) is 2.75. The van der Waals surface area contributed by atoms with Gasteiger partial charge in [-0.3, -0.25) is 10.1 Å². The van der Waals surface area contributed by atoms with Crippen LogP contribution in [0, 0.1) is 0 Å². The van der Waals surface area contributed by atoms with Crippen LogP contribution in [0.25, 0.3) is 0 Å². The van der Waals surface area contributed by atoms with E-state index in [4.69, 9.17) is 4.74 Å². The van der Waals surface area contributed by atoms with E-state index in [0.717, 1.165) is 11.3 Å². The van der Waals surface area contributed by atoms with E-state index in [1.165, 1.54) is 0 Å². The van der Waals surface area contributed by atoms with Crippen LogP contribution in [-0.2, 0) is 10.2 Å². The third kappa shape index (κ3) is 3.34. The Kier molecular flexibility index (Phi) is 3.78. The Balaban J connectivity index is 1.76. The molecule has 0 saturated carbocycles. The molecule has 2 aromatic carbocycles. The summed E-state index contributed by atoms with van der Waals surface area (Å²) in [5.41, 5.74) is 2.13. The van der Waals surface area contributed by atoms with Gasteiger partial charge in [0.15, 0.2) is 0 Å². The van der Waals surface area contributed by atoms with Crippen molar-refractivity contribution in [2.45, 2.75) is 25.7 Å². The quantitative estimate of drug-likeness (QED) is 0.883. The predicted molar refractivity (Wildman–Crippen MR) is 88.8 cm³/mol. The van der Waals surface area contributed by atoms with Crippen molar-refractivity contribution in [3.63, 3.8) is 0 Å². The lowest BCUT2D eigenvalue weighted by atomic mass is 9.78. The van der Waals surface area contributed by atoms with E-state index in [9.17, 15) is 9.59 Å². The van der Waals surface area contributed by atoms with Crippen molar-refractivity contribution in [2.75, 3.05) is 10.6 Å². The molecule has 1 aliphatic rings. The molecule has 5 heteroatoms. The zero-order valence-corrected chi connectivity index (χ0v) is 13.1. The first kappa shape index (κ1) is 15.1. The fourth-order valence-electron chi connectivity index (χ4n) is 2.75. The van der Waals surface area contributed by atoms with Crippen LogP contribution >= 0.6 is 0 Å². The van der Waals surface area contributed by atoms with Crippen molar-refractivity contribution in [3.8, 4) is 5.75 Å². The van der Waals surface area contributed by atoms with Gasteiger partial charge in [0.05, 0.1) is 0 Å². The Morgan fingerprint density at radius 3 is 2.65 bits per heavy atom. The molecule has 0 atom stereocenters. The molecule has 0 aromatic heterocycles. The fraction of sp³-hybridized carbons (Fsp3) is 0.222. The summed E-state index contributed by atoms with van der Waals surface area (Å²) in [6.07, 6.45) is -0.124. The third-order valence-corrected chi connectivity index (χ3v) is 3.83. The lowest BCUT2D eigenvalue weighted by molar-refractivity contribution is -0.117. The van der Waals surface area contributed by atoms with Crippen LogP contribution in [0.4, 0.5) is 16.2 Å². The van der Waals surface area contributed by atoms with E-state index < -0.39 is 6.09 Å². The minimum Gasteiger partial charge on any atom is -0.410 e. The number of carbonyl (C=O) groups is 2. The molecule has 0 unspecified atom stereocenters. The van der Waals surface area contributed by atoms with Crippen LogP contribution in [-0.4, -0.2) is 12.0 Å². The Labute approximate surface area is 134 Å². The van der Waals surface area contributed by atoms with Gasteiger partial charge in [0.2, 0.25) is 5.91 Å². The van der Waals surface area contributed by atoms with Crippen LogP contribution in [0.15, 0.2) is 48.5 Å². The Bertz CT molecular complexity index is 754. The van der Waals surface area contributed by atoms with Crippen molar-refractivity contribution in [1.29, 1.82) is 0 Å². The molecule has 0 saturated heterocycles. The SMILES string of the molecule is CC1(C)CC(=O)Nc2cc(NC(=O)Oc3ccccc3)ccc21. The van der Waals surface area contributed by atoms with Gasteiger partial charge in [-0.25, -0.2) is 4.79 Å². The summed E-state index contributed by atoms with van der Waals surface area (Å²) >= 11 is 0. The number of para-hydroxylation sites is 1. The standard InChI is InChI=1S/C18H18N2O3/c1-18(2)11-16(21)20-15-10-12(8-9-14(15)18)19-17(22)23-13-6-4-3-5-7-13/h3-10H,11H2,1-2H3,(H,19,22)(H,20,21). The number of hydrogen-bond acceptors (Lipinski definition) is 3. The molecule has 2 amide bonds. The third-order valence-electron chi connectivity index (χ3n) is 3.83. The monoisotopic (exact) mass is 310 g/mol. The first-order valence-electron chi connectivity index (χ1n) is 7.42. The van der Waals surface area contributed by atoms with Gasteiger partial charge in [-0.1, -0.05) is 38.1 Å². The average Bonchev–Trinajstić information content (AvgIpc) is 2.46. The lowest BCUT2D eigenvalue weighted by Crippen LogP contribution is -2.32. The zero-order valence-electron chi connectivity index (χ0n) is 13.1. The normalized spacial score (nSPS) is 15.3. The smallest absolute Gasteiger partial charge is 0.410 e. The Morgan fingerprint density at radius 1 is 1.17 bits per heavy atom. The predicted octanol–water partition coefficient (Wildman–Crippen LogP) is 3.92. The van der Waals surface area contributed by atoms with Crippen molar-refractivity contribution < 1.29 is 14.3 Å². The largest absolute Gasteiger partial charge is 0.417 e. The first-order valence-corrected chi connectivity index (χ1v) is 7.42. The molecule has 1 heterocycles. The molecule has 0 fully saturated rings. The summed E-state index contributed by atoms with van der Waals surface area (Å²) in [4.78, 5) is 23.7. The number of rotatable bonds is 2. The molecule has 3 rings (SSSR count). The molecule has 118 valence electrons. The summed E-state index contributed by atoms with van der Waals surface area (Å²) in [6.45, 7) is 4.06. The Morgan fingerprint density at radius 2 is 1.91 bits per heavy atom. The van der Waals surface area contributed by atoms with E-state index in [1.807, 2.05) is 32.0 Å². The second kappa shape index (κ2) is 5.76. The van der Waals surface area contributed by atoms with E-state index in [-0.39, 0.29) is 11.3 Å². The highest BCUT2D eigenvalue weighted by molar-refractivity contribution is 5.97. The van der Waals surface area contributed by atoms with E-state index in [0.29, 0.717) is 17.9 Å². The minimum absolute atomic E-state index is 0.0217. The highest BCUT2D eigenvalue weighted by atomic mass is 16.6. The van der Waals surface area contributed by atoms with E-state index >= 15 is 0 Å². The van der Waals surface area contributed by atoms with Crippen molar-refractivity contribution in [2.24, 2.45) is 0 Å². The topological polar surface area (TPSA) is 67.4 Å². The van der Waals surface area contributed by atoms with Crippen molar-refractivity contribution >= 4 is 23.4 Å². The minimum atomic E-state index is -0.572. The average molecular weight is 310 g/mol. The second-order valence-corrected chi connectivity index (χ2v) is 6.20. The lowest BCUT2D eigenvalue weighted by Gasteiger charge is -2.32. The van der Waals surface area contributed by atoms with Gasteiger partial charge in [0.1, 0.15) is 5.75 Å². The van der Waals surface area contributed by atoms with Gasteiger partial charge in [0.25, 0.3) is 0 Å². The number of nitrogens with one attached hydrogen (secondary N) is 2. The van der Waals surface area contributed by atoms with Crippen LogP contribution in [0.1, 0.15) is 25.8 Å². The van der Waals surface area contributed by atoms with E-state index in [1.54, 1.807) is 30.3 Å². The van der Waals surface area contributed by atoms with Crippen LogP contribution in [0.2, 0.25) is 0 Å². The number of benzene rings is 2. The number of amides is 2. The number of ether oxygens (including phenoxy) is 1. The zero-order chi connectivity index (χ0) is 16.4. The van der Waals surface area contributed by atoms with Gasteiger partial charge in [-0.15, -0.1) is 0 Å². The van der Waals surface area contributed by atoms with Gasteiger partial charge in [0, 0.05) is 23.2 Å². The summed E-state index contributed by atoms with van der Waals surface area (Å²) in [5, 5.41) is 5.52. The molecule has 0 bridgehead atoms. The molecule has 2 aromatic rings. The molecule has 1 aliphatic heterocycles. The summed E-state index contributed by atoms with van der Waals surface area (Å²) in [7, 11) is 0. The molecule has 0 spiro atoms. The number of hydrogen-bond donors (Lipinski definition) is 2. The molecular formula is C18H18N2O3. The van der Waals surface area contributed by atoms with Gasteiger partial charge >= 0.3 is 6.09 Å². The maximum absolute atomic E-state index is 11.9. The molecule has 23 heavy (non-hydrogen) atoms. The highest BCUT2D eigenvalue weighted by Crippen LogP contribution is 2.38. The second-order valence-electron chi connectivity index (χ2n) is 6.20. The molecule has 2 N–H and O–H groups in total. The molecular weight excluding hydrogens is 292 g/mol. The molecule has 0 radical (unpaired) electrons. The molecule has 0 aliphatic carbocycles. The van der Waals surface area contributed by atoms with Gasteiger partial charge in [-0.05, 0) is 29.8 Å². The van der Waals surface area contributed by atoms with Gasteiger partial charge < -0.3 is 10.1 Å². The number of anilines is 2. The Hall–Kier alpha value is -2.82. The summed E-state index contributed by atoms with van der Waals surface area (Å²) < 4.78 is 5.19. The summed E-state index contributed by atoms with van der Waals surface area (Å²) in [5.74, 6) is 0.448.